The maximum atomic E-state index is 13.3. The highest BCUT2D eigenvalue weighted by molar-refractivity contribution is 5.40. The molecule has 1 rings (SSSR count). The van der Waals surface area contributed by atoms with Crippen LogP contribution in [0.2, 0.25) is 0 Å². The maximum absolute atomic E-state index is 13.3. The topological polar surface area (TPSA) is 55.2 Å². The van der Waals surface area contributed by atoms with Crippen molar-refractivity contribution in [2.24, 2.45) is 5.41 Å². The van der Waals surface area contributed by atoms with Crippen LogP contribution in [-0.4, -0.2) is 17.5 Å². The van der Waals surface area contributed by atoms with Crippen LogP contribution in [-0.2, 0) is 6.42 Å². The van der Waals surface area contributed by atoms with Gasteiger partial charge in [0.05, 0.1) is 4.92 Å². The van der Waals surface area contributed by atoms with Crippen molar-refractivity contribution in [1.29, 1.82) is 0 Å². The zero-order chi connectivity index (χ0) is 15.3. The molecule has 5 heteroatoms. The van der Waals surface area contributed by atoms with E-state index in [4.69, 9.17) is 0 Å². The first-order chi connectivity index (χ1) is 9.25. The SMILES string of the molecule is CCNC(CCc1cc(F)ccc1[N+](=O)[O-])C(C)(C)C. The van der Waals surface area contributed by atoms with Gasteiger partial charge in [-0.2, -0.15) is 0 Å². The maximum Gasteiger partial charge on any atom is 0.272 e. The van der Waals surface area contributed by atoms with Crippen molar-refractivity contribution in [3.63, 3.8) is 0 Å². The van der Waals surface area contributed by atoms with E-state index in [1.807, 2.05) is 6.92 Å². The average Bonchev–Trinajstić information content (AvgIpc) is 2.32. The van der Waals surface area contributed by atoms with Gasteiger partial charge in [0.2, 0.25) is 0 Å². The smallest absolute Gasteiger partial charge is 0.272 e. The standard InChI is InChI=1S/C15H23FN2O2/c1-5-17-14(15(2,3)4)9-6-11-10-12(16)7-8-13(11)18(19)20/h7-8,10,14,17H,5-6,9H2,1-4H3. The van der Waals surface area contributed by atoms with Crippen molar-refractivity contribution < 1.29 is 9.31 Å². The number of nitrogens with zero attached hydrogens (tertiary/aromatic N) is 1. The molecule has 0 amide bonds. The van der Waals surface area contributed by atoms with Crippen LogP contribution >= 0.6 is 0 Å². The van der Waals surface area contributed by atoms with Crippen LogP contribution in [0.3, 0.4) is 0 Å². The Morgan fingerprint density at radius 1 is 1.40 bits per heavy atom. The molecule has 20 heavy (non-hydrogen) atoms. The summed E-state index contributed by atoms with van der Waals surface area (Å²) in [5.41, 5.74) is 0.510. The molecule has 0 aliphatic rings. The Hall–Kier alpha value is -1.49. The predicted molar refractivity (Wildman–Crippen MR) is 78.3 cm³/mol. The molecule has 0 fully saturated rings. The summed E-state index contributed by atoms with van der Waals surface area (Å²) in [5, 5.41) is 14.4. The monoisotopic (exact) mass is 282 g/mol. The zero-order valence-electron chi connectivity index (χ0n) is 12.6. The lowest BCUT2D eigenvalue weighted by atomic mass is 9.83. The van der Waals surface area contributed by atoms with Gasteiger partial charge in [-0.3, -0.25) is 10.1 Å². The molecular weight excluding hydrogens is 259 g/mol. The number of hydrogen-bond acceptors (Lipinski definition) is 3. The van der Waals surface area contributed by atoms with Crippen LogP contribution in [0.5, 0.6) is 0 Å². The summed E-state index contributed by atoms with van der Waals surface area (Å²) in [6.45, 7) is 9.25. The summed E-state index contributed by atoms with van der Waals surface area (Å²) in [7, 11) is 0. The van der Waals surface area contributed by atoms with E-state index < -0.39 is 10.7 Å². The van der Waals surface area contributed by atoms with Crippen molar-refractivity contribution in [2.75, 3.05) is 6.54 Å². The van der Waals surface area contributed by atoms with Gasteiger partial charge < -0.3 is 5.32 Å². The second-order valence-electron chi connectivity index (χ2n) is 6.05. The van der Waals surface area contributed by atoms with Gasteiger partial charge >= 0.3 is 0 Å². The van der Waals surface area contributed by atoms with E-state index in [0.29, 0.717) is 12.0 Å². The molecule has 1 N–H and O–H groups in total. The number of hydrogen-bond donors (Lipinski definition) is 1. The zero-order valence-corrected chi connectivity index (χ0v) is 12.6. The minimum atomic E-state index is -0.450. The van der Waals surface area contributed by atoms with Crippen LogP contribution in [0, 0.1) is 21.3 Å². The third-order valence-corrected chi connectivity index (χ3v) is 3.44. The van der Waals surface area contributed by atoms with Gasteiger partial charge in [0.25, 0.3) is 5.69 Å². The second-order valence-corrected chi connectivity index (χ2v) is 6.05. The van der Waals surface area contributed by atoms with E-state index in [-0.39, 0.29) is 17.1 Å². The molecule has 1 unspecified atom stereocenters. The molecule has 0 bridgehead atoms. The molecule has 0 radical (unpaired) electrons. The Balaban J connectivity index is 2.87. The Morgan fingerprint density at radius 3 is 2.55 bits per heavy atom. The van der Waals surface area contributed by atoms with Crippen molar-refractivity contribution in [3.8, 4) is 0 Å². The normalized spacial score (nSPS) is 13.2. The van der Waals surface area contributed by atoms with E-state index >= 15 is 0 Å². The first kappa shape index (κ1) is 16.6. The number of benzene rings is 1. The first-order valence-corrected chi connectivity index (χ1v) is 6.92. The van der Waals surface area contributed by atoms with E-state index in [0.717, 1.165) is 19.0 Å². The molecule has 112 valence electrons. The van der Waals surface area contributed by atoms with Crippen LogP contribution < -0.4 is 5.32 Å². The lowest BCUT2D eigenvalue weighted by Crippen LogP contribution is -2.40. The van der Waals surface area contributed by atoms with Crippen LogP contribution in [0.15, 0.2) is 18.2 Å². The minimum Gasteiger partial charge on any atom is -0.314 e. The molecular formula is C15H23FN2O2. The molecule has 1 aromatic carbocycles. The Morgan fingerprint density at radius 2 is 2.05 bits per heavy atom. The number of nitro groups is 1. The molecule has 1 aromatic rings. The van der Waals surface area contributed by atoms with E-state index in [2.05, 4.69) is 26.1 Å². The van der Waals surface area contributed by atoms with Crippen molar-refractivity contribution >= 4 is 5.69 Å². The van der Waals surface area contributed by atoms with Gasteiger partial charge in [0.1, 0.15) is 5.82 Å². The average molecular weight is 282 g/mol. The summed E-state index contributed by atoms with van der Waals surface area (Å²) in [6, 6.07) is 3.87. The van der Waals surface area contributed by atoms with Gasteiger partial charge in [0, 0.05) is 17.7 Å². The summed E-state index contributed by atoms with van der Waals surface area (Å²) >= 11 is 0. The van der Waals surface area contributed by atoms with Crippen LogP contribution in [0.25, 0.3) is 0 Å². The summed E-state index contributed by atoms with van der Waals surface area (Å²) in [5.74, 6) is -0.429. The number of halogens is 1. The molecule has 0 aliphatic heterocycles. The first-order valence-electron chi connectivity index (χ1n) is 6.92. The number of nitrogens with one attached hydrogen (secondary N) is 1. The highest BCUT2D eigenvalue weighted by Gasteiger charge is 2.24. The van der Waals surface area contributed by atoms with Gasteiger partial charge in [0.15, 0.2) is 0 Å². The highest BCUT2D eigenvalue weighted by atomic mass is 19.1. The molecule has 0 spiro atoms. The molecule has 4 nitrogen and oxygen atoms in total. The van der Waals surface area contributed by atoms with Crippen molar-refractivity contribution in [2.45, 2.75) is 46.6 Å². The van der Waals surface area contributed by atoms with Crippen molar-refractivity contribution in [1.82, 2.24) is 5.32 Å². The van der Waals surface area contributed by atoms with Gasteiger partial charge in [-0.25, -0.2) is 4.39 Å². The Kier molecular flexibility index (Phi) is 5.62. The van der Waals surface area contributed by atoms with Crippen LogP contribution in [0.4, 0.5) is 10.1 Å². The van der Waals surface area contributed by atoms with Gasteiger partial charge in [-0.05, 0) is 36.9 Å². The molecule has 0 heterocycles. The predicted octanol–water partition coefficient (Wildman–Crippen LogP) is 3.69. The molecule has 0 saturated heterocycles. The number of aryl methyl sites for hydroxylation is 1. The quantitative estimate of drug-likeness (QED) is 0.639. The lowest BCUT2D eigenvalue weighted by Gasteiger charge is -2.31. The highest BCUT2D eigenvalue weighted by Crippen LogP contribution is 2.26. The fourth-order valence-electron chi connectivity index (χ4n) is 2.32. The summed E-state index contributed by atoms with van der Waals surface area (Å²) < 4.78 is 13.3. The summed E-state index contributed by atoms with van der Waals surface area (Å²) in [6.07, 6.45) is 1.23. The van der Waals surface area contributed by atoms with Gasteiger partial charge in [-0.15, -0.1) is 0 Å². The molecule has 0 aliphatic carbocycles. The third kappa shape index (κ3) is 4.56. The van der Waals surface area contributed by atoms with Crippen molar-refractivity contribution in [3.05, 3.63) is 39.7 Å². The molecule has 1 atom stereocenters. The largest absolute Gasteiger partial charge is 0.314 e. The lowest BCUT2D eigenvalue weighted by molar-refractivity contribution is -0.385. The third-order valence-electron chi connectivity index (χ3n) is 3.44. The van der Waals surface area contributed by atoms with E-state index in [1.54, 1.807) is 0 Å². The van der Waals surface area contributed by atoms with E-state index in [1.165, 1.54) is 12.1 Å². The fourth-order valence-corrected chi connectivity index (χ4v) is 2.32. The van der Waals surface area contributed by atoms with E-state index in [9.17, 15) is 14.5 Å². The number of nitro benzene ring substituents is 1. The minimum absolute atomic E-state index is 0.00411. The Labute approximate surface area is 119 Å². The Bertz CT molecular complexity index is 469. The van der Waals surface area contributed by atoms with Crippen LogP contribution in [0.1, 0.15) is 39.7 Å². The molecule has 0 saturated carbocycles. The fraction of sp³-hybridized carbons (Fsp3) is 0.600. The number of rotatable bonds is 6. The summed E-state index contributed by atoms with van der Waals surface area (Å²) in [4.78, 5) is 10.5. The van der Waals surface area contributed by atoms with Gasteiger partial charge in [-0.1, -0.05) is 27.7 Å². The molecule has 0 aromatic heterocycles. The second kappa shape index (κ2) is 6.79.